The molecule has 4 nitrogen and oxygen atoms in total. The molecule has 0 N–H and O–H groups in total. The fourth-order valence-corrected chi connectivity index (χ4v) is 2.26. The van der Waals surface area contributed by atoms with E-state index in [0.29, 0.717) is 30.8 Å². The van der Waals surface area contributed by atoms with Crippen LogP contribution < -0.4 is 0 Å². The molecule has 1 aliphatic carbocycles. The Morgan fingerprint density at radius 1 is 1.00 bits per heavy atom. The van der Waals surface area contributed by atoms with Crippen LogP contribution in [0.1, 0.15) is 61.8 Å². The Balaban J connectivity index is 3.01. The number of hydrogen-bond donors (Lipinski definition) is 0. The van der Waals surface area contributed by atoms with Crippen molar-refractivity contribution >= 4 is 11.9 Å². The summed E-state index contributed by atoms with van der Waals surface area (Å²) < 4.78 is 10.9. The molecule has 1 aliphatic rings. The van der Waals surface area contributed by atoms with Gasteiger partial charge in [0.05, 0.1) is 24.4 Å². The largest absolute Gasteiger partial charge is 0.462 e. The van der Waals surface area contributed by atoms with E-state index in [0.717, 1.165) is 5.57 Å². The van der Waals surface area contributed by atoms with Gasteiger partial charge >= 0.3 is 11.9 Å². The Bertz CT molecular complexity index is 553. The van der Waals surface area contributed by atoms with Crippen LogP contribution >= 0.6 is 0 Å². The van der Waals surface area contributed by atoms with Crippen molar-refractivity contribution in [3.8, 4) is 0 Å². The summed E-state index contributed by atoms with van der Waals surface area (Å²) in [5, 5.41) is 0. The third-order valence-electron chi connectivity index (χ3n) is 3.81. The van der Waals surface area contributed by atoms with E-state index < -0.39 is 11.9 Å². The zero-order chi connectivity index (χ0) is 18.7. The second-order valence-electron chi connectivity index (χ2n) is 9.04. The second kappa shape index (κ2) is 7.54. The maximum atomic E-state index is 12.6. The highest BCUT2D eigenvalue weighted by Gasteiger charge is 2.32. The molecule has 136 valence electrons. The minimum atomic E-state index is -0.414. The third-order valence-corrected chi connectivity index (χ3v) is 3.81. The number of esters is 2. The van der Waals surface area contributed by atoms with Gasteiger partial charge in [-0.1, -0.05) is 60.1 Å². The van der Waals surface area contributed by atoms with Crippen molar-refractivity contribution in [1.29, 1.82) is 0 Å². The molecule has 0 aromatic rings. The molecule has 0 bridgehead atoms. The fraction of sp³-hybridized carbons (Fsp3) is 0.700. The average Bonchev–Trinajstić information content (AvgIpc) is 2.43. The van der Waals surface area contributed by atoms with Gasteiger partial charge in [0, 0.05) is 5.92 Å². The summed E-state index contributed by atoms with van der Waals surface area (Å²) in [5.74, 6) is -0.959. The topological polar surface area (TPSA) is 52.6 Å². The lowest BCUT2D eigenvalue weighted by Crippen LogP contribution is -2.27. The third kappa shape index (κ3) is 6.14. The predicted octanol–water partition coefficient (Wildman–Crippen LogP) is 4.45. The molecular formula is C20H32O4. The SMILES string of the molecule is CC1=CCC(C(=O)OCC(C)(C)C)=C(C(=O)OCC(C)(C)C)C1C. The van der Waals surface area contributed by atoms with E-state index in [4.69, 9.17) is 9.47 Å². The van der Waals surface area contributed by atoms with Gasteiger partial charge in [-0.3, -0.25) is 0 Å². The van der Waals surface area contributed by atoms with Crippen molar-refractivity contribution in [2.24, 2.45) is 16.7 Å². The number of carbonyl (C=O) groups is 2. The maximum absolute atomic E-state index is 12.6. The van der Waals surface area contributed by atoms with Crippen LogP contribution in [0.2, 0.25) is 0 Å². The first kappa shape index (κ1) is 20.5. The summed E-state index contributed by atoms with van der Waals surface area (Å²) in [5.41, 5.74) is 1.71. The molecule has 4 heteroatoms. The van der Waals surface area contributed by atoms with Crippen molar-refractivity contribution in [2.45, 2.75) is 61.8 Å². The summed E-state index contributed by atoms with van der Waals surface area (Å²) in [7, 11) is 0. The number of allylic oxidation sites excluding steroid dienone is 2. The van der Waals surface area contributed by atoms with Crippen LogP contribution in [0.5, 0.6) is 0 Å². The number of rotatable bonds is 4. The number of ether oxygens (including phenoxy) is 2. The van der Waals surface area contributed by atoms with E-state index in [1.54, 1.807) is 0 Å². The number of hydrogen-bond acceptors (Lipinski definition) is 4. The summed E-state index contributed by atoms with van der Waals surface area (Å²) in [6.07, 6.45) is 2.40. The maximum Gasteiger partial charge on any atom is 0.335 e. The standard InChI is InChI=1S/C20H32O4/c1-13-9-10-15(17(21)23-11-19(3,4)5)16(14(13)2)18(22)24-12-20(6,7)8/h9,14H,10-12H2,1-8H3. The normalized spacial score (nSPS) is 19.0. The van der Waals surface area contributed by atoms with E-state index >= 15 is 0 Å². The van der Waals surface area contributed by atoms with Gasteiger partial charge in [-0.2, -0.15) is 0 Å². The Morgan fingerprint density at radius 3 is 1.92 bits per heavy atom. The van der Waals surface area contributed by atoms with Gasteiger partial charge in [-0.15, -0.1) is 0 Å². The van der Waals surface area contributed by atoms with Crippen molar-refractivity contribution in [1.82, 2.24) is 0 Å². The molecule has 0 aromatic carbocycles. The van der Waals surface area contributed by atoms with Crippen molar-refractivity contribution < 1.29 is 19.1 Å². The van der Waals surface area contributed by atoms with Crippen molar-refractivity contribution in [3.05, 3.63) is 22.8 Å². The minimum Gasteiger partial charge on any atom is -0.462 e. The summed E-state index contributed by atoms with van der Waals surface area (Å²) in [4.78, 5) is 25.1. The second-order valence-corrected chi connectivity index (χ2v) is 9.04. The van der Waals surface area contributed by atoms with E-state index in [1.165, 1.54) is 0 Å². The highest BCUT2D eigenvalue weighted by Crippen LogP contribution is 2.32. The Morgan fingerprint density at radius 2 is 1.46 bits per heavy atom. The molecule has 0 saturated heterocycles. The monoisotopic (exact) mass is 336 g/mol. The highest BCUT2D eigenvalue weighted by atomic mass is 16.5. The summed E-state index contributed by atoms with van der Waals surface area (Å²) in [6.45, 7) is 16.5. The van der Waals surface area contributed by atoms with Crippen molar-refractivity contribution in [2.75, 3.05) is 13.2 Å². The molecular weight excluding hydrogens is 304 g/mol. The van der Waals surface area contributed by atoms with E-state index in [9.17, 15) is 9.59 Å². The molecule has 0 spiro atoms. The van der Waals surface area contributed by atoms with Crippen molar-refractivity contribution in [3.63, 3.8) is 0 Å². The van der Waals surface area contributed by atoms with Gasteiger partial charge in [0.1, 0.15) is 0 Å². The van der Waals surface area contributed by atoms with Crippen LogP contribution in [0.25, 0.3) is 0 Å². The highest BCUT2D eigenvalue weighted by molar-refractivity contribution is 6.01. The molecule has 1 rings (SSSR count). The lowest BCUT2D eigenvalue weighted by molar-refractivity contribution is -0.145. The molecule has 1 atom stereocenters. The Hall–Kier alpha value is -1.58. The van der Waals surface area contributed by atoms with Crippen LogP contribution in [0.15, 0.2) is 22.8 Å². The first-order valence-electron chi connectivity index (χ1n) is 8.56. The van der Waals surface area contributed by atoms with Gasteiger partial charge in [0.15, 0.2) is 0 Å². The molecule has 24 heavy (non-hydrogen) atoms. The average molecular weight is 336 g/mol. The molecule has 1 unspecified atom stereocenters. The molecule has 0 aromatic heterocycles. The van der Waals surface area contributed by atoms with Gasteiger partial charge < -0.3 is 9.47 Å². The minimum absolute atomic E-state index is 0.116. The van der Waals surface area contributed by atoms with Crippen LogP contribution in [0.4, 0.5) is 0 Å². The summed E-state index contributed by atoms with van der Waals surface area (Å²) in [6, 6.07) is 0. The zero-order valence-electron chi connectivity index (χ0n) is 16.4. The van der Waals surface area contributed by atoms with Crippen LogP contribution in [-0.2, 0) is 19.1 Å². The molecule has 0 radical (unpaired) electrons. The lowest BCUT2D eigenvalue weighted by atomic mass is 9.83. The number of carbonyl (C=O) groups excluding carboxylic acids is 2. The Kier molecular flexibility index (Phi) is 6.43. The van der Waals surface area contributed by atoms with Crippen LogP contribution in [0, 0.1) is 16.7 Å². The van der Waals surface area contributed by atoms with E-state index in [2.05, 4.69) is 0 Å². The first-order chi connectivity index (χ1) is 10.8. The van der Waals surface area contributed by atoms with Crippen LogP contribution in [-0.4, -0.2) is 25.2 Å². The quantitative estimate of drug-likeness (QED) is 0.562. The molecule has 0 amide bonds. The molecule has 0 saturated carbocycles. The van der Waals surface area contributed by atoms with E-state index in [-0.39, 0.29) is 16.7 Å². The van der Waals surface area contributed by atoms with Gasteiger partial charge in [-0.25, -0.2) is 9.59 Å². The van der Waals surface area contributed by atoms with E-state index in [1.807, 2.05) is 61.5 Å². The summed E-state index contributed by atoms with van der Waals surface area (Å²) >= 11 is 0. The first-order valence-corrected chi connectivity index (χ1v) is 8.56. The van der Waals surface area contributed by atoms with Gasteiger partial charge in [0.25, 0.3) is 0 Å². The zero-order valence-corrected chi connectivity index (χ0v) is 16.4. The smallest absolute Gasteiger partial charge is 0.335 e. The molecule has 0 aliphatic heterocycles. The van der Waals surface area contributed by atoms with Gasteiger partial charge in [-0.05, 0) is 24.2 Å². The molecule has 0 heterocycles. The Labute approximate surface area is 146 Å². The predicted molar refractivity (Wildman–Crippen MR) is 95.4 cm³/mol. The lowest BCUT2D eigenvalue weighted by Gasteiger charge is -2.26. The van der Waals surface area contributed by atoms with Crippen LogP contribution in [0.3, 0.4) is 0 Å². The fourth-order valence-electron chi connectivity index (χ4n) is 2.26. The molecule has 0 fully saturated rings. The van der Waals surface area contributed by atoms with Gasteiger partial charge in [0.2, 0.25) is 0 Å².